The number of carbonyl (C=O) groups excluding carboxylic acids is 1. The average Bonchev–Trinajstić information content (AvgIpc) is 2.84. The van der Waals surface area contributed by atoms with Crippen molar-refractivity contribution >= 4 is 17.8 Å². The van der Waals surface area contributed by atoms with Crippen LogP contribution >= 0.6 is 0 Å². The summed E-state index contributed by atoms with van der Waals surface area (Å²) in [6.45, 7) is 0.787. The number of likely N-dealkylation sites (N-methyl/N-ethyl adjacent to an activating group) is 1. The summed E-state index contributed by atoms with van der Waals surface area (Å²) >= 11 is 0. The average molecular weight is 210 g/mol. The molecule has 1 fully saturated rings. The summed E-state index contributed by atoms with van der Waals surface area (Å²) in [6, 6.07) is -0.176. The summed E-state index contributed by atoms with van der Waals surface area (Å²) in [4.78, 5) is 17.4. The lowest BCUT2D eigenvalue weighted by Gasteiger charge is -2.21. The molecule has 1 unspecified atom stereocenters. The van der Waals surface area contributed by atoms with E-state index in [1.54, 1.807) is 7.05 Å². The minimum atomic E-state index is -0.176. The Hall–Kier alpha value is -1.79. The molecule has 7 heteroatoms. The molecule has 0 spiro atoms. The largest absolute Gasteiger partial charge is 0.368 e. The molecule has 7 nitrogen and oxygen atoms in total. The Morgan fingerprint density at radius 2 is 2.53 bits per heavy atom. The number of aromatic amines is 1. The number of nitrogens with two attached hydrogens (primary N) is 1. The molecule has 1 atom stereocenters. The van der Waals surface area contributed by atoms with Gasteiger partial charge in [-0.2, -0.15) is 4.98 Å². The van der Waals surface area contributed by atoms with E-state index in [-0.39, 0.29) is 17.9 Å². The summed E-state index contributed by atoms with van der Waals surface area (Å²) in [6.07, 6.45) is 1.79. The number of anilines is 2. The van der Waals surface area contributed by atoms with Crippen molar-refractivity contribution in [3.63, 3.8) is 0 Å². The standard InChI is InChI=1S/C8H14N6O/c1-10-6(15)5-3-2-4-14(5)8-11-7(9)12-13-8/h5H,2-4H2,1H3,(H,10,15)(H3,9,11,12,13). The second-order valence-corrected chi connectivity index (χ2v) is 3.49. The van der Waals surface area contributed by atoms with Gasteiger partial charge in [-0.3, -0.25) is 4.79 Å². The van der Waals surface area contributed by atoms with E-state index in [0.717, 1.165) is 19.4 Å². The highest BCUT2D eigenvalue weighted by Crippen LogP contribution is 2.22. The van der Waals surface area contributed by atoms with E-state index in [0.29, 0.717) is 5.95 Å². The summed E-state index contributed by atoms with van der Waals surface area (Å²) < 4.78 is 0. The van der Waals surface area contributed by atoms with E-state index >= 15 is 0 Å². The van der Waals surface area contributed by atoms with Crippen LogP contribution in [0.1, 0.15) is 12.8 Å². The normalized spacial score (nSPS) is 20.6. The molecule has 1 aliphatic rings. The molecule has 0 saturated carbocycles. The Bertz CT molecular complexity index is 362. The molecule has 0 bridgehead atoms. The molecule has 2 rings (SSSR count). The molecular weight excluding hydrogens is 196 g/mol. The van der Waals surface area contributed by atoms with Crippen LogP contribution in [0.5, 0.6) is 0 Å². The second-order valence-electron chi connectivity index (χ2n) is 3.49. The molecule has 1 saturated heterocycles. The van der Waals surface area contributed by atoms with Gasteiger partial charge in [0.25, 0.3) is 0 Å². The number of aromatic nitrogens is 3. The first-order valence-corrected chi connectivity index (χ1v) is 4.88. The van der Waals surface area contributed by atoms with Gasteiger partial charge in [-0.25, -0.2) is 5.10 Å². The number of nitrogens with one attached hydrogen (secondary N) is 2. The SMILES string of the molecule is CNC(=O)C1CCCN1c1n[nH]c(N)n1. The quantitative estimate of drug-likeness (QED) is 0.587. The van der Waals surface area contributed by atoms with E-state index in [9.17, 15) is 4.79 Å². The lowest BCUT2D eigenvalue weighted by Crippen LogP contribution is -2.42. The van der Waals surface area contributed by atoms with E-state index in [1.165, 1.54) is 0 Å². The number of amides is 1. The van der Waals surface area contributed by atoms with Crippen molar-refractivity contribution in [1.29, 1.82) is 0 Å². The smallest absolute Gasteiger partial charge is 0.246 e. The zero-order valence-electron chi connectivity index (χ0n) is 8.53. The monoisotopic (exact) mass is 210 g/mol. The number of nitrogens with zero attached hydrogens (tertiary/aromatic N) is 3. The number of hydrogen-bond donors (Lipinski definition) is 3. The molecule has 2 heterocycles. The van der Waals surface area contributed by atoms with Gasteiger partial charge in [-0.05, 0) is 12.8 Å². The number of H-pyrrole nitrogens is 1. The molecule has 0 radical (unpaired) electrons. The predicted octanol–water partition coefficient (Wildman–Crippen LogP) is -0.898. The number of hydrogen-bond acceptors (Lipinski definition) is 5. The summed E-state index contributed by atoms with van der Waals surface area (Å²) in [5, 5.41) is 9.15. The van der Waals surface area contributed by atoms with Crippen LogP contribution in [0, 0.1) is 0 Å². The molecule has 1 aromatic rings. The molecule has 4 N–H and O–H groups in total. The van der Waals surface area contributed by atoms with Gasteiger partial charge in [0.2, 0.25) is 17.8 Å². The van der Waals surface area contributed by atoms with E-state index < -0.39 is 0 Å². The zero-order valence-corrected chi connectivity index (χ0v) is 8.53. The van der Waals surface area contributed by atoms with Crippen molar-refractivity contribution in [3.8, 4) is 0 Å². The fourth-order valence-corrected chi connectivity index (χ4v) is 1.84. The topological polar surface area (TPSA) is 99.9 Å². The van der Waals surface area contributed by atoms with Gasteiger partial charge in [-0.1, -0.05) is 0 Å². The first-order valence-electron chi connectivity index (χ1n) is 4.88. The van der Waals surface area contributed by atoms with Crippen LogP contribution in [0.25, 0.3) is 0 Å². The highest BCUT2D eigenvalue weighted by Gasteiger charge is 2.32. The van der Waals surface area contributed by atoms with Gasteiger partial charge in [0.1, 0.15) is 6.04 Å². The molecule has 1 aliphatic heterocycles. The predicted molar refractivity (Wildman–Crippen MR) is 55.2 cm³/mol. The first-order chi connectivity index (χ1) is 7.22. The van der Waals surface area contributed by atoms with Crippen molar-refractivity contribution < 1.29 is 4.79 Å². The van der Waals surface area contributed by atoms with E-state index in [2.05, 4.69) is 20.5 Å². The van der Waals surface area contributed by atoms with Crippen molar-refractivity contribution in [2.75, 3.05) is 24.2 Å². The van der Waals surface area contributed by atoms with Crippen LogP contribution in [-0.2, 0) is 4.79 Å². The molecule has 82 valence electrons. The fraction of sp³-hybridized carbons (Fsp3) is 0.625. The van der Waals surface area contributed by atoms with Crippen molar-refractivity contribution in [1.82, 2.24) is 20.5 Å². The highest BCUT2D eigenvalue weighted by atomic mass is 16.2. The summed E-state index contributed by atoms with van der Waals surface area (Å²) in [5.74, 6) is 0.766. The second kappa shape index (κ2) is 3.76. The number of nitrogen functional groups attached to an aromatic ring is 1. The number of carbonyl (C=O) groups is 1. The minimum absolute atomic E-state index is 0.00382. The summed E-state index contributed by atoms with van der Waals surface area (Å²) in [5.41, 5.74) is 5.44. The van der Waals surface area contributed by atoms with Crippen LogP contribution in [0.4, 0.5) is 11.9 Å². The van der Waals surface area contributed by atoms with Crippen LogP contribution in [0.3, 0.4) is 0 Å². The van der Waals surface area contributed by atoms with Gasteiger partial charge >= 0.3 is 0 Å². The lowest BCUT2D eigenvalue weighted by atomic mass is 10.2. The van der Waals surface area contributed by atoms with Crippen molar-refractivity contribution in [2.45, 2.75) is 18.9 Å². The molecular formula is C8H14N6O. The lowest BCUT2D eigenvalue weighted by molar-refractivity contribution is -0.121. The Morgan fingerprint density at radius 1 is 1.73 bits per heavy atom. The van der Waals surface area contributed by atoms with Gasteiger partial charge in [0, 0.05) is 13.6 Å². The van der Waals surface area contributed by atoms with E-state index in [1.807, 2.05) is 4.90 Å². The van der Waals surface area contributed by atoms with Gasteiger partial charge in [0.15, 0.2) is 0 Å². The van der Waals surface area contributed by atoms with Crippen LogP contribution in [0.15, 0.2) is 0 Å². The van der Waals surface area contributed by atoms with Gasteiger partial charge < -0.3 is 16.0 Å². The zero-order chi connectivity index (χ0) is 10.8. The van der Waals surface area contributed by atoms with Crippen LogP contribution in [-0.4, -0.2) is 40.7 Å². The number of rotatable bonds is 2. The molecule has 1 aromatic heterocycles. The van der Waals surface area contributed by atoms with Crippen LogP contribution in [0.2, 0.25) is 0 Å². The molecule has 1 amide bonds. The Morgan fingerprint density at radius 3 is 3.13 bits per heavy atom. The Balaban J connectivity index is 2.18. The van der Waals surface area contributed by atoms with Gasteiger partial charge in [-0.15, -0.1) is 5.10 Å². The highest BCUT2D eigenvalue weighted by molar-refractivity contribution is 5.85. The van der Waals surface area contributed by atoms with Gasteiger partial charge in [0.05, 0.1) is 0 Å². The third-order valence-corrected chi connectivity index (χ3v) is 2.55. The maximum Gasteiger partial charge on any atom is 0.246 e. The van der Waals surface area contributed by atoms with Crippen molar-refractivity contribution in [3.05, 3.63) is 0 Å². The Labute approximate surface area is 87.0 Å². The summed E-state index contributed by atoms with van der Waals surface area (Å²) in [7, 11) is 1.63. The minimum Gasteiger partial charge on any atom is -0.368 e. The Kier molecular flexibility index (Phi) is 2.44. The molecule has 0 aliphatic carbocycles. The third-order valence-electron chi connectivity index (χ3n) is 2.55. The third kappa shape index (κ3) is 1.72. The maximum atomic E-state index is 11.6. The van der Waals surface area contributed by atoms with E-state index in [4.69, 9.17) is 5.73 Å². The molecule has 0 aromatic carbocycles. The fourth-order valence-electron chi connectivity index (χ4n) is 1.84. The first kappa shape index (κ1) is 9.75. The van der Waals surface area contributed by atoms with Crippen LogP contribution < -0.4 is 16.0 Å². The van der Waals surface area contributed by atoms with Crippen molar-refractivity contribution in [2.24, 2.45) is 0 Å². The maximum absolute atomic E-state index is 11.6. The molecule has 15 heavy (non-hydrogen) atoms.